The Labute approximate surface area is 116 Å². The lowest BCUT2D eigenvalue weighted by Crippen LogP contribution is -2.35. The van der Waals surface area contributed by atoms with Crippen LogP contribution in [0, 0.1) is 5.92 Å². The Morgan fingerprint density at radius 3 is 2.53 bits per heavy atom. The zero-order valence-electron chi connectivity index (χ0n) is 12.0. The highest BCUT2D eigenvalue weighted by molar-refractivity contribution is 7.88. The molecule has 108 valence electrons. The van der Waals surface area contributed by atoms with Crippen LogP contribution in [-0.4, -0.2) is 25.8 Å². The van der Waals surface area contributed by atoms with Crippen molar-refractivity contribution in [3.05, 3.63) is 29.8 Å². The monoisotopic (exact) mass is 284 g/mol. The quantitative estimate of drug-likeness (QED) is 0.782. The van der Waals surface area contributed by atoms with Crippen molar-refractivity contribution in [1.82, 2.24) is 4.31 Å². The van der Waals surface area contributed by atoms with E-state index < -0.39 is 10.0 Å². The van der Waals surface area contributed by atoms with Gasteiger partial charge in [0.15, 0.2) is 0 Å². The molecule has 0 aliphatic heterocycles. The van der Waals surface area contributed by atoms with E-state index in [1.54, 1.807) is 28.6 Å². The molecule has 19 heavy (non-hydrogen) atoms. The van der Waals surface area contributed by atoms with Crippen LogP contribution in [0.1, 0.15) is 32.8 Å². The molecule has 4 nitrogen and oxygen atoms in total. The highest BCUT2D eigenvalue weighted by Crippen LogP contribution is 2.15. The molecule has 0 radical (unpaired) electrons. The predicted octanol–water partition coefficient (Wildman–Crippen LogP) is 2.47. The zero-order chi connectivity index (χ0) is 14.5. The van der Waals surface area contributed by atoms with Crippen LogP contribution in [0.25, 0.3) is 0 Å². The van der Waals surface area contributed by atoms with Crippen molar-refractivity contribution in [3.8, 4) is 0 Å². The number of nitrogens with zero attached hydrogens (tertiary/aromatic N) is 1. The van der Waals surface area contributed by atoms with E-state index in [0.717, 1.165) is 12.0 Å². The Kier molecular flexibility index (Phi) is 5.82. The Morgan fingerprint density at radius 1 is 1.32 bits per heavy atom. The van der Waals surface area contributed by atoms with E-state index in [1.807, 2.05) is 6.92 Å². The van der Waals surface area contributed by atoms with Gasteiger partial charge in [-0.15, -0.1) is 0 Å². The lowest BCUT2D eigenvalue weighted by Gasteiger charge is -2.23. The van der Waals surface area contributed by atoms with Crippen LogP contribution < -0.4 is 5.73 Å². The summed E-state index contributed by atoms with van der Waals surface area (Å²) in [4.78, 5) is 0. The number of rotatable bonds is 7. The average Bonchev–Trinajstić information content (AvgIpc) is 2.34. The summed E-state index contributed by atoms with van der Waals surface area (Å²) in [6.45, 7) is 7.10. The molecular weight excluding hydrogens is 260 g/mol. The van der Waals surface area contributed by atoms with Crippen molar-refractivity contribution in [2.24, 2.45) is 5.92 Å². The fourth-order valence-electron chi connectivity index (χ4n) is 1.90. The summed E-state index contributed by atoms with van der Waals surface area (Å²) in [6, 6.07) is 7.05. The summed E-state index contributed by atoms with van der Waals surface area (Å²) in [5.74, 6) is 0.387. The zero-order valence-corrected chi connectivity index (χ0v) is 12.8. The third-order valence-electron chi connectivity index (χ3n) is 3.26. The van der Waals surface area contributed by atoms with E-state index in [9.17, 15) is 8.42 Å². The normalized spacial score (nSPS) is 13.7. The van der Waals surface area contributed by atoms with Crippen LogP contribution in [0.4, 0.5) is 5.69 Å². The Balaban J connectivity index is 2.84. The summed E-state index contributed by atoms with van der Waals surface area (Å²) in [6.07, 6.45) is 0.976. The summed E-state index contributed by atoms with van der Waals surface area (Å²) in [5.41, 5.74) is 7.01. The minimum atomic E-state index is -3.27. The molecule has 0 aliphatic carbocycles. The van der Waals surface area contributed by atoms with Gasteiger partial charge >= 0.3 is 0 Å². The topological polar surface area (TPSA) is 63.4 Å². The van der Waals surface area contributed by atoms with E-state index >= 15 is 0 Å². The summed E-state index contributed by atoms with van der Waals surface area (Å²) in [5, 5.41) is 0. The summed E-state index contributed by atoms with van der Waals surface area (Å²) < 4.78 is 26.3. The molecule has 0 aromatic heterocycles. The Bertz CT molecular complexity index is 500. The molecule has 1 atom stereocenters. The van der Waals surface area contributed by atoms with Gasteiger partial charge in [-0.25, -0.2) is 12.7 Å². The fourth-order valence-corrected chi connectivity index (χ4v) is 3.56. The molecule has 2 N–H and O–H groups in total. The molecule has 0 saturated carbocycles. The Morgan fingerprint density at radius 2 is 2.00 bits per heavy atom. The van der Waals surface area contributed by atoms with E-state index in [4.69, 9.17) is 5.73 Å². The highest BCUT2D eigenvalue weighted by Gasteiger charge is 2.22. The number of nitrogen functional groups attached to an aromatic ring is 1. The third-order valence-corrected chi connectivity index (χ3v) is 5.15. The van der Waals surface area contributed by atoms with E-state index in [2.05, 4.69) is 13.8 Å². The van der Waals surface area contributed by atoms with Gasteiger partial charge in [-0.3, -0.25) is 0 Å². The number of nitrogens with two attached hydrogens (primary N) is 1. The number of anilines is 1. The lowest BCUT2D eigenvalue weighted by molar-refractivity contribution is 0.361. The predicted molar refractivity (Wildman–Crippen MR) is 80.2 cm³/mol. The van der Waals surface area contributed by atoms with Crippen LogP contribution in [0.2, 0.25) is 0 Å². The van der Waals surface area contributed by atoms with Crippen molar-refractivity contribution in [1.29, 1.82) is 0 Å². The molecule has 0 aliphatic rings. The van der Waals surface area contributed by atoms with E-state index in [1.165, 1.54) is 0 Å². The van der Waals surface area contributed by atoms with Gasteiger partial charge in [0, 0.05) is 18.8 Å². The second-order valence-electron chi connectivity index (χ2n) is 4.97. The Hall–Kier alpha value is -1.07. The molecule has 0 bridgehead atoms. The minimum Gasteiger partial charge on any atom is -0.399 e. The van der Waals surface area contributed by atoms with Crippen LogP contribution in [0.5, 0.6) is 0 Å². The number of benzene rings is 1. The molecule has 5 heteroatoms. The smallest absolute Gasteiger partial charge is 0.218 e. The first-order chi connectivity index (χ1) is 8.89. The van der Waals surface area contributed by atoms with Gasteiger partial charge < -0.3 is 5.73 Å². The molecule has 0 heterocycles. The highest BCUT2D eigenvalue weighted by atomic mass is 32.2. The molecule has 0 saturated heterocycles. The second kappa shape index (κ2) is 6.91. The molecule has 1 unspecified atom stereocenters. The van der Waals surface area contributed by atoms with Crippen molar-refractivity contribution in [3.63, 3.8) is 0 Å². The lowest BCUT2D eigenvalue weighted by atomic mass is 10.1. The first kappa shape index (κ1) is 16.0. The van der Waals surface area contributed by atoms with Gasteiger partial charge in [-0.05, 0) is 23.6 Å². The number of hydrogen-bond donors (Lipinski definition) is 1. The molecule has 1 aromatic rings. The van der Waals surface area contributed by atoms with Crippen LogP contribution >= 0.6 is 0 Å². The first-order valence-electron chi connectivity index (χ1n) is 6.71. The van der Waals surface area contributed by atoms with Gasteiger partial charge in [0.05, 0.1) is 5.75 Å². The molecule has 0 amide bonds. The van der Waals surface area contributed by atoms with Gasteiger partial charge in [0.2, 0.25) is 10.0 Å². The van der Waals surface area contributed by atoms with Gasteiger partial charge in [0.25, 0.3) is 0 Å². The maximum Gasteiger partial charge on any atom is 0.218 e. The van der Waals surface area contributed by atoms with Crippen LogP contribution in [0.15, 0.2) is 24.3 Å². The SMILES string of the molecule is CCC(C)CN(CC)S(=O)(=O)Cc1cccc(N)c1. The van der Waals surface area contributed by atoms with Crippen molar-refractivity contribution >= 4 is 15.7 Å². The summed E-state index contributed by atoms with van der Waals surface area (Å²) in [7, 11) is -3.27. The minimum absolute atomic E-state index is 0.0162. The van der Waals surface area contributed by atoms with E-state index in [-0.39, 0.29) is 5.75 Å². The van der Waals surface area contributed by atoms with Crippen LogP contribution in [0.3, 0.4) is 0 Å². The molecule has 1 rings (SSSR count). The largest absolute Gasteiger partial charge is 0.399 e. The second-order valence-corrected chi connectivity index (χ2v) is 6.93. The van der Waals surface area contributed by atoms with Crippen molar-refractivity contribution in [2.45, 2.75) is 32.9 Å². The number of hydrogen-bond acceptors (Lipinski definition) is 3. The van der Waals surface area contributed by atoms with Gasteiger partial charge in [-0.2, -0.15) is 0 Å². The maximum absolute atomic E-state index is 12.4. The summed E-state index contributed by atoms with van der Waals surface area (Å²) >= 11 is 0. The molecule has 0 fully saturated rings. The van der Waals surface area contributed by atoms with Crippen molar-refractivity contribution < 1.29 is 8.42 Å². The maximum atomic E-state index is 12.4. The standard InChI is InChI=1S/C14H24N2O2S/c1-4-12(3)10-16(5-2)19(17,18)11-13-7-6-8-14(15)9-13/h6-9,12H,4-5,10-11,15H2,1-3H3. The van der Waals surface area contributed by atoms with E-state index in [0.29, 0.717) is 24.7 Å². The van der Waals surface area contributed by atoms with Crippen molar-refractivity contribution in [2.75, 3.05) is 18.8 Å². The fraction of sp³-hybridized carbons (Fsp3) is 0.571. The van der Waals surface area contributed by atoms with Gasteiger partial charge in [-0.1, -0.05) is 39.3 Å². The third kappa shape index (κ3) is 4.84. The number of sulfonamides is 1. The molecular formula is C14H24N2O2S. The molecule has 1 aromatic carbocycles. The average molecular weight is 284 g/mol. The molecule has 0 spiro atoms. The van der Waals surface area contributed by atoms with Gasteiger partial charge in [0.1, 0.15) is 0 Å². The first-order valence-corrected chi connectivity index (χ1v) is 8.32. The van der Waals surface area contributed by atoms with Crippen LogP contribution in [-0.2, 0) is 15.8 Å².